The Balaban J connectivity index is 1.45. The highest BCUT2D eigenvalue weighted by molar-refractivity contribution is 5.90. The van der Waals surface area contributed by atoms with Crippen LogP contribution in [0.25, 0.3) is 5.65 Å². The number of carbonyl (C=O) groups excluding carboxylic acids is 1. The number of ether oxygens (including phenoxy) is 1. The number of anilines is 1. The van der Waals surface area contributed by atoms with Crippen LogP contribution in [0.3, 0.4) is 0 Å². The first-order valence-electron chi connectivity index (χ1n) is 6.81. The number of aryl methyl sites for hydroxylation is 1. The third-order valence-corrected chi connectivity index (χ3v) is 4.18. The molecule has 4 rings (SSSR count). The molecule has 2 amide bonds. The second-order valence-electron chi connectivity index (χ2n) is 5.56. The maximum absolute atomic E-state index is 12.0. The minimum absolute atomic E-state index is 0.150. The van der Waals surface area contributed by atoms with E-state index in [1.165, 1.54) is 0 Å². The summed E-state index contributed by atoms with van der Waals surface area (Å²) in [5.74, 6) is 1.03. The van der Waals surface area contributed by atoms with E-state index in [4.69, 9.17) is 4.74 Å². The molecule has 1 saturated heterocycles. The highest BCUT2D eigenvalue weighted by Crippen LogP contribution is 2.44. The van der Waals surface area contributed by atoms with Crippen LogP contribution in [0.1, 0.15) is 5.56 Å². The van der Waals surface area contributed by atoms with Crippen molar-refractivity contribution >= 4 is 17.4 Å². The van der Waals surface area contributed by atoms with Gasteiger partial charge >= 0.3 is 6.03 Å². The molecule has 1 aliphatic heterocycles. The van der Waals surface area contributed by atoms with Crippen LogP contribution in [0.2, 0.25) is 0 Å². The molecule has 6 nitrogen and oxygen atoms in total. The highest BCUT2D eigenvalue weighted by atomic mass is 16.5. The van der Waals surface area contributed by atoms with Crippen LogP contribution in [0.4, 0.5) is 10.5 Å². The van der Waals surface area contributed by atoms with Gasteiger partial charge in [-0.25, -0.2) is 9.78 Å². The molecule has 3 heterocycles. The van der Waals surface area contributed by atoms with E-state index in [0.29, 0.717) is 11.8 Å². The number of fused-ring (bicyclic) bond motifs is 2. The van der Waals surface area contributed by atoms with Crippen molar-refractivity contribution in [2.24, 2.45) is 11.8 Å². The van der Waals surface area contributed by atoms with Crippen LogP contribution < -0.4 is 10.6 Å². The minimum atomic E-state index is -0.150. The minimum Gasteiger partial charge on any atom is -0.381 e. The van der Waals surface area contributed by atoms with Gasteiger partial charge in [-0.15, -0.1) is 0 Å². The molecule has 6 heteroatoms. The molecule has 2 aliphatic rings. The number of amides is 2. The largest absolute Gasteiger partial charge is 0.381 e. The Morgan fingerprint density at radius 3 is 3.05 bits per heavy atom. The van der Waals surface area contributed by atoms with Crippen LogP contribution in [0, 0.1) is 18.8 Å². The number of hydrogen-bond donors (Lipinski definition) is 2. The Labute approximate surface area is 116 Å². The van der Waals surface area contributed by atoms with Gasteiger partial charge in [0.15, 0.2) is 0 Å². The zero-order chi connectivity index (χ0) is 13.7. The second-order valence-corrected chi connectivity index (χ2v) is 5.56. The smallest absolute Gasteiger partial charge is 0.319 e. The summed E-state index contributed by atoms with van der Waals surface area (Å²) in [6, 6.07) is 2.06. The van der Waals surface area contributed by atoms with E-state index in [1.807, 2.05) is 29.8 Å². The Bertz CT molecular complexity index is 671. The van der Waals surface area contributed by atoms with Crippen molar-refractivity contribution in [2.45, 2.75) is 13.0 Å². The lowest BCUT2D eigenvalue weighted by Crippen LogP contribution is -2.33. The number of urea groups is 1. The van der Waals surface area contributed by atoms with E-state index >= 15 is 0 Å². The van der Waals surface area contributed by atoms with Crippen molar-refractivity contribution in [3.8, 4) is 0 Å². The molecule has 1 aliphatic carbocycles. The van der Waals surface area contributed by atoms with Crippen LogP contribution in [-0.4, -0.2) is 34.7 Å². The molecule has 20 heavy (non-hydrogen) atoms. The number of nitrogens with zero attached hydrogens (tertiary/aromatic N) is 2. The lowest BCUT2D eigenvalue weighted by atomic mass is 10.3. The molecule has 3 atom stereocenters. The first kappa shape index (κ1) is 11.7. The maximum atomic E-state index is 12.0. The summed E-state index contributed by atoms with van der Waals surface area (Å²) in [6.07, 6.45) is 5.48. The fourth-order valence-electron chi connectivity index (χ4n) is 3.05. The molecule has 0 aromatic carbocycles. The van der Waals surface area contributed by atoms with Gasteiger partial charge in [-0.05, 0) is 18.6 Å². The molecule has 104 valence electrons. The molecule has 2 aromatic heterocycles. The summed E-state index contributed by atoms with van der Waals surface area (Å²) < 4.78 is 7.22. The van der Waals surface area contributed by atoms with Crippen molar-refractivity contribution in [1.82, 2.24) is 14.7 Å². The molecule has 2 fully saturated rings. The number of nitrogens with one attached hydrogen (secondary N) is 2. The maximum Gasteiger partial charge on any atom is 0.319 e. The quantitative estimate of drug-likeness (QED) is 0.868. The number of aromatic nitrogens is 2. The van der Waals surface area contributed by atoms with E-state index in [1.54, 1.807) is 6.20 Å². The Kier molecular flexibility index (Phi) is 2.47. The van der Waals surface area contributed by atoms with Crippen molar-refractivity contribution in [2.75, 3.05) is 18.5 Å². The van der Waals surface area contributed by atoms with E-state index in [2.05, 4.69) is 15.6 Å². The third-order valence-electron chi connectivity index (χ3n) is 4.18. The normalized spacial score (nSPS) is 27.4. The summed E-state index contributed by atoms with van der Waals surface area (Å²) in [7, 11) is 0. The SMILES string of the molecule is Cc1cc(NC(=O)NC2[C@H]3COC[C@@H]23)cn2ccnc12. The second kappa shape index (κ2) is 4.21. The van der Waals surface area contributed by atoms with E-state index < -0.39 is 0 Å². The molecule has 1 unspecified atom stereocenters. The average Bonchev–Trinajstić information content (AvgIpc) is 2.86. The molecule has 2 N–H and O–H groups in total. The van der Waals surface area contributed by atoms with Crippen molar-refractivity contribution in [1.29, 1.82) is 0 Å². The topological polar surface area (TPSA) is 67.7 Å². The monoisotopic (exact) mass is 272 g/mol. The zero-order valence-electron chi connectivity index (χ0n) is 11.2. The number of pyridine rings is 1. The number of rotatable bonds is 2. The molecule has 0 bridgehead atoms. The summed E-state index contributed by atoms with van der Waals surface area (Å²) in [5.41, 5.74) is 2.71. The highest BCUT2D eigenvalue weighted by Gasteiger charge is 2.54. The Morgan fingerprint density at radius 1 is 1.45 bits per heavy atom. The summed E-state index contributed by atoms with van der Waals surface area (Å²) in [5, 5.41) is 5.90. The first-order valence-corrected chi connectivity index (χ1v) is 6.81. The van der Waals surface area contributed by atoms with Crippen molar-refractivity contribution in [3.05, 3.63) is 30.2 Å². The molecule has 2 aromatic rings. The van der Waals surface area contributed by atoms with Crippen LogP contribution in [0.5, 0.6) is 0 Å². The molecule has 0 radical (unpaired) electrons. The van der Waals surface area contributed by atoms with Gasteiger partial charge in [0, 0.05) is 36.5 Å². The van der Waals surface area contributed by atoms with Gasteiger partial charge in [0.1, 0.15) is 5.65 Å². The number of hydrogen-bond acceptors (Lipinski definition) is 3. The van der Waals surface area contributed by atoms with Gasteiger partial charge < -0.3 is 19.8 Å². The molecular formula is C14H16N4O2. The predicted molar refractivity (Wildman–Crippen MR) is 73.7 cm³/mol. The van der Waals surface area contributed by atoms with Gasteiger partial charge in [-0.2, -0.15) is 0 Å². The summed E-state index contributed by atoms with van der Waals surface area (Å²) in [4.78, 5) is 16.2. The zero-order valence-corrected chi connectivity index (χ0v) is 11.2. The third kappa shape index (κ3) is 1.84. The van der Waals surface area contributed by atoms with Crippen LogP contribution in [-0.2, 0) is 4.74 Å². The van der Waals surface area contributed by atoms with Crippen molar-refractivity contribution in [3.63, 3.8) is 0 Å². The average molecular weight is 272 g/mol. The van der Waals surface area contributed by atoms with E-state index in [0.717, 1.165) is 30.1 Å². The predicted octanol–water partition coefficient (Wildman–Crippen LogP) is 1.41. The standard InChI is InChI=1S/C14H16N4O2/c1-8-4-9(5-18-3-2-15-13(8)18)16-14(19)17-12-10-6-20-7-11(10)12/h2-5,10-12H,6-7H2,1H3,(H2,16,17,19)/t10-,11+,12?. The first-order chi connectivity index (χ1) is 9.72. The van der Waals surface area contributed by atoms with E-state index in [-0.39, 0.29) is 12.1 Å². The number of imidazole rings is 1. The van der Waals surface area contributed by atoms with Gasteiger partial charge in [0.2, 0.25) is 0 Å². The van der Waals surface area contributed by atoms with Gasteiger partial charge in [0.25, 0.3) is 0 Å². The lowest BCUT2D eigenvalue weighted by molar-refractivity contribution is 0.157. The molecule has 0 spiro atoms. The van der Waals surface area contributed by atoms with Gasteiger partial charge in [0.05, 0.1) is 18.9 Å². The molecular weight excluding hydrogens is 256 g/mol. The van der Waals surface area contributed by atoms with Crippen molar-refractivity contribution < 1.29 is 9.53 Å². The van der Waals surface area contributed by atoms with E-state index in [9.17, 15) is 4.79 Å². The Morgan fingerprint density at radius 2 is 2.25 bits per heavy atom. The molecule has 1 saturated carbocycles. The van der Waals surface area contributed by atoms with Crippen LogP contribution in [0.15, 0.2) is 24.7 Å². The van der Waals surface area contributed by atoms with Gasteiger partial charge in [-0.1, -0.05) is 0 Å². The summed E-state index contributed by atoms with van der Waals surface area (Å²) >= 11 is 0. The Hall–Kier alpha value is -2.08. The van der Waals surface area contributed by atoms with Gasteiger partial charge in [-0.3, -0.25) is 0 Å². The lowest BCUT2D eigenvalue weighted by Gasteiger charge is -2.10. The number of carbonyl (C=O) groups is 1. The van der Waals surface area contributed by atoms with Crippen LogP contribution >= 0.6 is 0 Å². The summed E-state index contributed by atoms with van der Waals surface area (Å²) in [6.45, 7) is 3.53. The fourth-order valence-corrected chi connectivity index (χ4v) is 3.05. The fraction of sp³-hybridized carbons (Fsp3) is 0.429.